The van der Waals surface area contributed by atoms with Crippen molar-refractivity contribution >= 4 is 5.91 Å². The zero-order valence-electron chi connectivity index (χ0n) is 16.2. The lowest BCUT2D eigenvalue weighted by Crippen LogP contribution is -2.43. The van der Waals surface area contributed by atoms with Gasteiger partial charge >= 0.3 is 0 Å². The zero-order chi connectivity index (χ0) is 18.6. The first-order valence-electron chi connectivity index (χ1n) is 10.2. The highest BCUT2D eigenvalue weighted by Crippen LogP contribution is 2.28. The molecule has 2 fully saturated rings. The molecule has 0 N–H and O–H groups in total. The Morgan fingerprint density at radius 1 is 1.07 bits per heavy atom. The molecule has 2 aliphatic rings. The smallest absolute Gasteiger partial charge is 0.236 e. The van der Waals surface area contributed by atoms with Gasteiger partial charge in [-0.3, -0.25) is 14.7 Å². The molecule has 2 saturated heterocycles. The molecule has 0 aliphatic carbocycles. The first-order valence-corrected chi connectivity index (χ1v) is 10.2. The molecule has 0 saturated carbocycles. The van der Waals surface area contributed by atoms with Crippen LogP contribution in [0.5, 0.6) is 0 Å². The highest BCUT2D eigenvalue weighted by Gasteiger charge is 2.26. The minimum Gasteiger partial charge on any atom is -0.342 e. The molecule has 4 rings (SSSR count). The zero-order valence-corrected chi connectivity index (χ0v) is 16.2. The number of pyridine rings is 1. The number of rotatable bonds is 4. The number of aromatic nitrogens is 1. The Morgan fingerprint density at radius 3 is 2.70 bits per heavy atom. The van der Waals surface area contributed by atoms with Gasteiger partial charge in [-0.15, -0.1) is 0 Å². The van der Waals surface area contributed by atoms with Gasteiger partial charge in [-0.25, -0.2) is 0 Å². The predicted octanol–water partition coefficient (Wildman–Crippen LogP) is 3.86. The summed E-state index contributed by atoms with van der Waals surface area (Å²) >= 11 is 0. The van der Waals surface area contributed by atoms with E-state index in [0.717, 1.165) is 63.3 Å². The van der Waals surface area contributed by atoms with E-state index in [-0.39, 0.29) is 0 Å². The number of nitrogens with zero attached hydrogens (tertiary/aromatic N) is 3. The minimum absolute atomic E-state index is 0.301. The fraction of sp³-hybridized carbons (Fsp3) is 0.478. The van der Waals surface area contributed by atoms with Crippen molar-refractivity contribution in [2.24, 2.45) is 0 Å². The Morgan fingerprint density at radius 2 is 1.89 bits per heavy atom. The highest BCUT2D eigenvalue weighted by atomic mass is 16.2. The largest absolute Gasteiger partial charge is 0.342 e. The second-order valence-electron chi connectivity index (χ2n) is 7.98. The summed E-state index contributed by atoms with van der Waals surface area (Å²) in [6, 6.07) is 14.9. The van der Waals surface area contributed by atoms with Gasteiger partial charge < -0.3 is 4.90 Å². The van der Waals surface area contributed by atoms with Crippen LogP contribution in [0.3, 0.4) is 0 Å². The van der Waals surface area contributed by atoms with E-state index in [4.69, 9.17) is 4.98 Å². The first-order chi connectivity index (χ1) is 13.2. The maximum absolute atomic E-state index is 12.5. The fourth-order valence-electron chi connectivity index (χ4n) is 4.34. The van der Waals surface area contributed by atoms with Crippen LogP contribution in [0.2, 0.25) is 0 Å². The van der Waals surface area contributed by atoms with Crippen LogP contribution in [0.25, 0.3) is 11.3 Å². The standard InChI is InChI=1S/C23H29N3O/c1-18-7-4-8-19(15-18)21-10-5-11-22(24-21)20-9-6-12-25(16-20)17-23(27)26-13-2-3-14-26/h4-5,7-8,10-11,15,20H,2-3,6,9,12-14,16-17H2,1H3/t20-/m1/s1. The molecule has 4 heteroatoms. The van der Waals surface area contributed by atoms with Gasteiger partial charge in [0.2, 0.25) is 5.91 Å². The van der Waals surface area contributed by atoms with Gasteiger partial charge in [0.15, 0.2) is 0 Å². The summed E-state index contributed by atoms with van der Waals surface area (Å²) in [5, 5.41) is 0. The van der Waals surface area contributed by atoms with Crippen molar-refractivity contribution in [1.82, 2.24) is 14.8 Å². The van der Waals surface area contributed by atoms with Crippen LogP contribution in [0, 0.1) is 6.92 Å². The summed E-state index contributed by atoms with van der Waals surface area (Å²) in [6.45, 7) is 6.52. The van der Waals surface area contributed by atoms with Crippen molar-refractivity contribution < 1.29 is 4.79 Å². The summed E-state index contributed by atoms with van der Waals surface area (Å²) in [7, 11) is 0. The lowest BCUT2D eigenvalue weighted by Gasteiger charge is -2.33. The topological polar surface area (TPSA) is 36.4 Å². The van der Waals surface area contributed by atoms with Crippen LogP contribution in [0.1, 0.15) is 42.9 Å². The normalized spacial score (nSPS) is 20.8. The van der Waals surface area contributed by atoms with Crippen LogP contribution < -0.4 is 0 Å². The van der Waals surface area contributed by atoms with E-state index < -0.39 is 0 Å². The third-order valence-electron chi connectivity index (χ3n) is 5.83. The maximum Gasteiger partial charge on any atom is 0.236 e. The molecule has 27 heavy (non-hydrogen) atoms. The van der Waals surface area contributed by atoms with E-state index in [1.54, 1.807) is 0 Å². The van der Waals surface area contributed by atoms with Crippen molar-refractivity contribution in [3.63, 3.8) is 0 Å². The predicted molar refractivity (Wildman–Crippen MR) is 109 cm³/mol. The van der Waals surface area contributed by atoms with Crippen molar-refractivity contribution in [2.75, 3.05) is 32.7 Å². The number of carbonyl (C=O) groups is 1. The molecule has 0 radical (unpaired) electrons. The van der Waals surface area contributed by atoms with E-state index >= 15 is 0 Å². The van der Waals surface area contributed by atoms with Crippen LogP contribution in [0.15, 0.2) is 42.5 Å². The summed E-state index contributed by atoms with van der Waals surface area (Å²) in [6.07, 6.45) is 4.60. The Kier molecular flexibility index (Phi) is 5.53. The molecule has 0 spiro atoms. The van der Waals surface area contributed by atoms with Gasteiger partial charge in [0.1, 0.15) is 0 Å². The van der Waals surface area contributed by atoms with Gasteiger partial charge in [-0.2, -0.15) is 0 Å². The molecule has 0 bridgehead atoms. The Hall–Kier alpha value is -2.20. The van der Waals surface area contributed by atoms with Gasteiger partial charge in [0.25, 0.3) is 0 Å². The molecular weight excluding hydrogens is 334 g/mol. The van der Waals surface area contributed by atoms with Gasteiger partial charge in [0.05, 0.1) is 12.2 Å². The molecule has 2 aliphatic heterocycles. The molecule has 2 aromatic rings. The van der Waals surface area contributed by atoms with Crippen LogP contribution in [-0.2, 0) is 4.79 Å². The fourth-order valence-corrected chi connectivity index (χ4v) is 4.34. The molecule has 142 valence electrons. The van der Waals surface area contributed by atoms with Crippen molar-refractivity contribution in [2.45, 2.75) is 38.5 Å². The van der Waals surface area contributed by atoms with Gasteiger partial charge in [0, 0.05) is 36.8 Å². The van der Waals surface area contributed by atoms with Crippen LogP contribution in [-0.4, -0.2) is 53.4 Å². The molecule has 1 amide bonds. The summed E-state index contributed by atoms with van der Waals surface area (Å²) < 4.78 is 0. The van der Waals surface area contributed by atoms with E-state index in [1.165, 1.54) is 11.1 Å². The van der Waals surface area contributed by atoms with Crippen LogP contribution in [0.4, 0.5) is 0 Å². The average Bonchev–Trinajstić information content (AvgIpc) is 3.23. The number of amides is 1. The number of hydrogen-bond acceptors (Lipinski definition) is 3. The summed E-state index contributed by atoms with van der Waals surface area (Å²) in [5.74, 6) is 0.713. The summed E-state index contributed by atoms with van der Waals surface area (Å²) in [4.78, 5) is 21.8. The maximum atomic E-state index is 12.5. The molecule has 3 heterocycles. The molecule has 1 aromatic heterocycles. The van der Waals surface area contributed by atoms with Crippen molar-refractivity contribution in [3.05, 3.63) is 53.7 Å². The Labute approximate surface area is 162 Å². The van der Waals surface area contributed by atoms with Gasteiger partial charge in [-0.05, 0) is 57.4 Å². The Bertz CT molecular complexity index is 798. The monoisotopic (exact) mass is 363 g/mol. The molecule has 0 unspecified atom stereocenters. The molecule has 1 atom stereocenters. The third-order valence-corrected chi connectivity index (χ3v) is 5.83. The average molecular weight is 364 g/mol. The first kappa shape index (κ1) is 18.2. The lowest BCUT2D eigenvalue weighted by atomic mass is 9.93. The number of carbonyl (C=O) groups excluding carboxylic acids is 1. The van der Waals surface area contributed by atoms with Crippen LogP contribution >= 0.6 is 0 Å². The third kappa shape index (κ3) is 4.38. The number of aryl methyl sites for hydroxylation is 1. The van der Waals surface area contributed by atoms with E-state index in [2.05, 4.69) is 54.3 Å². The van der Waals surface area contributed by atoms with Crippen molar-refractivity contribution in [3.8, 4) is 11.3 Å². The SMILES string of the molecule is Cc1cccc(-c2cccc([C@@H]3CCCN(CC(=O)N4CCCC4)C3)n2)c1. The quantitative estimate of drug-likeness (QED) is 0.828. The number of benzene rings is 1. The van der Waals surface area contributed by atoms with Gasteiger partial charge in [-0.1, -0.05) is 29.8 Å². The Balaban J connectivity index is 1.45. The van der Waals surface area contributed by atoms with Crippen molar-refractivity contribution in [1.29, 1.82) is 0 Å². The minimum atomic E-state index is 0.301. The second kappa shape index (κ2) is 8.22. The summed E-state index contributed by atoms with van der Waals surface area (Å²) in [5.41, 5.74) is 4.63. The highest BCUT2D eigenvalue weighted by molar-refractivity contribution is 5.78. The van der Waals surface area contributed by atoms with E-state index in [1.807, 2.05) is 4.90 Å². The van der Waals surface area contributed by atoms with E-state index in [0.29, 0.717) is 18.4 Å². The number of likely N-dealkylation sites (tertiary alicyclic amines) is 2. The molecule has 4 nitrogen and oxygen atoms in total. The molecule has 1 aromatic carbocycles. The second-order valence-corrected chi connectivity index (χ2v) is 7.98. The molecular formula is C23H29N3O. The lowest BCUT2D eigenvalue weighted by molar-refractivity contribution is -0.131. The number of piperidine rings is 1. The van der Waals surface area contributed by atoms with E-state index in [9.17, 15) is 4.79 Å². The number of hydrogen-bond donors (Lipinski definition) is 0.